The molecule has 90 valence electrons. The van der Waals surface area contributed by atoms with E-state index in [1.165, 1.54) is 5.01 Å². The van der Waals surface area contributed by atoms with Crippen LogP contribution in [0, 0.1) is 5.41 Å². The van der Waals surface area contributed by atoms with E-state index in [1.54, 1.807) is 0 Å². The number of rotatable bonds is 2. The van der Waals surface area contributed by atoms with Crippen molar-refractivity contribution < 1.29 is 4.79 Å². The molecule has 0 atom stereocenters. The molecule has 0 radical (unpaired) electrons. The number of anilines is 1. The predicted molar refractivity (Wildman–Crippen MR) is 70.1 cm³/mol. The van der Waals surface area contributed by atoms with Crippen LogP contribution in [-0.4, -0.2) is 11.6 Å². The normalized spacial score (nSPS) is 16.3. The van der Waals surface area contributed by atoms with Crippen molar-refractivity contribution in [2.24, 2.45) is 10.5 Å². The number of carbonyl (C=O) groups excluding carboxylic acids is 1. The van der Waals surface area contributed by atoms with E-state index in [9.17, 15) is 4.79 Å². The maximum Gasteiger partial charge on any atom is 0.253 e. The Labute approximate surface area is 102 Å². The summed E-state index contributed by atoms with van der Waals surface area (Å²) >= 11 is 0. The number of benzene rings is 1. The van der Waals surface area contributed by atoms with Crippen molar-refractivity contribution in [3.8, 4) is 0 Å². The van der Waals surface area contributed by atoms with Crippen molar-refractivity contribution >= 4 is 17.3 Å². The number of carbonyl (C=O) groups is 1. The first kappa shape index (κ1) is 11.8. The zero-order valence-electron chi connectivity index (χ0n) is 10.6. The maximum absolute atomic E-state index is 11.9. The van der Waals surface area contributed by atoms with E-state index < -0.39 is 0 Å². The van der Waals surface area contributed by atoms with Gasteiger partial charge in [-0.05, 0) is 24.0 Å². The molecule has 0 bridgehead atoms. The zero-order chi connectivity index (χ0) is 12.5. The minimum absolute atomic E-state index is 0.0652. The lowest BCUT2D eigenvalue weighted by atomic mass is 9.89. The van der Waals surface area contributed by atoms with Crippen LogP contribution >= 0.6 is 0 Å². The van der Waals surface area contributed by atoms with Crippen LogP contribution in [0.15, 0.2) is 35.4 Å². The molecule has 2 rings (SSSR count). The van der Waals surface area contributed by atoms with E-state index in [-0.39, 0.29) is 11.3 Å². The third kappa shape index (κ3) is 2.93. The van der Waals surface area contributed by atoms with Crippen molar-refractivity contribution in [1.29, 1.82) is 0 Å². The largest absolute Gasteiger partial charge is 0.272 e. The van der Waals surface area contributed by atoms with Crippen molar-refractivity contribution in [3.05, 3.63) is 30.3 Å². The quantitative estimate of drug-likeness (QED) is 0.767. The van der Waals surface area contributed by atoms with Crippen LogP contribution < -0.4 is 5.01 Å². The second kappa shape index (κ2) is 4.32. The van der Waals surface area contributed by atoms with Gasteiger partial charge >= 0.3 is 0 Å². The smallest absolute Gasteiger partial charge is 0.253 e. The Hall–Kier alpha value is -1.64. The van der Waals surface area contributed by atoms with Crippen molar-refractivity contribution in [2.75, 3.05) is 5.01 Å². The number of hydrazone groups is 1. The third-order valence-electron chi connectivity index (χ3n) is 2.57. The second-order valence-electron chi connectivity index (χ2n) is 5.62. The summed E-state index contributed by atoms with van der Waals surface area (Å²) in [6.45, 7) is 6.47. The molecule has 1 aromatic carbocycles. The summed E-state index contributed by atoms with van der Waals surface area (Å²) in [5.41, 5.74) is 2.00. The monoisotopic (exact) mass is 230 g/mol. The molecule has 17 heavy (non-hydrogen) atoms. The van der Waals surface area contributed by atoms with E-state index >= 15 is 0 Å². The van der Waals surface area contributed by atoms with E-state index in [1.807, 2.05) is 30.3 Å². The third-order valence-corrected chi connectivity index (χ3v) is 2.57. The van der Waals surface area contributed by atoms with Crippen molar-refractivity contribution in [3.63, 3.8) is 0 Å². The minimum atomic E-state index is 0.0652. The molecule has 0 spiro atoms. The highest BCUT2D eigenvalue weighted by molar-refractivity contribution is 6.13. The fourth-order valence-corrected chi connectivity index (χ4v) is 1.96. The van der Waals surface area contributed by atoms with Gasteiger partial charge in [0.15, 0.2) is 0 Å². The Bertz CT molecular complexity index is 443. The van der Waals surface area contributed by atoms with Crippen LogP contribution in [-0.2, 0) is 4.79 Å². The molecule has 0 fully saturated rings. The molecule has 3 nitrogen and oxygen atoms in total. The molecule has 3 heteroatoms. The van der Waals surface area contributed by atoms with Gasteiger partial charge in [-0.25, -0.2) is 5.01 Å². The number of nitrogens with zero attached hydrogens (tertiary/aromatic N) is 2. The van der Waals surface area contributed by atoms with Gasteiger partial charge in [0.2, 0.25) is 0 Å². The summed E-state index contributed by atoms with van der Waals surface area (Å²) < 4.78 is 0. The summed E-state index contributed by atoms with van der Waals surface area (Å²) in [7, 11) is 0. The zero-order valence-corrected chi connectivity index (χ0v) is 10.6. The lowest BCUT2D eigenvalue weighted by molar-refractivity contribution is -0.116. The second-order valence-corrected chi connectivity index (χ2v) is 5.62. The molecule has 0 aromatic heterocycles. The highest BCUT2D eigenvalue weighted by atomic mass is 16.2. The first-order chi connectivity index (χ1) is 7.96. The molecule has 1 aliphatic heterocycles. The standard InChI is InChI=1S/C14H18N2O/c1-14(2,3)10-11-9-13(17)16(15-11)12-7-5-4-6-8-12/h4-8H,9-10H2,1-3H3. The van der Waals surface area contributed by atoms with E-state index in [2.05, 4.69) is 25.9 Å². The summed E-state index contributed by atoms with van der Waals surface area (Å²) in [5, 5.41) is 5.94. The molecule has 0 saturated heterocycles. The van der Waals surface area contributed by atoms with Gasteiger partial charge < -0.3 is 0 Å². The average molecular weight is 230 g/mol. The molecule has 1 aliphatic rings. The predicted octanol–water partition coefficient (Wildman–Crippen LogP) is 3.22. The number of hydrogen-bond acceptors (Lipinski definition) is 2. The Morgan fingerprint density at radius 1 is 1.24 bits per heavy atom. The first-order valence-corrected chi connectivity index (χ1v) is 5.90. The lowest BCUT2D eigenvalue weighted by Gasteiger charge is -2.16. The van der Waals surface area contributed by atoms with E-state index in [0.717, 1.165) is 17.8 Å². The molecule has 0 aliphatic carbocycles. The molecule has 0 saturated carbocycles. The molecular weight excluding hydrogens is 212 g/mol. The summed E-state index contributed by atoms with van der Waals surface area (Å²) in [6, 6.07) is 9.58. The molecule has 1 amide bonds. The first-order valence-electron chi connectivity index (χ1n) is 5.90. The van der Waals surface area contributed by atoms with Crippen LogP contribution in [0.1, 0.15) is 33.6 Å². The fraction of sp³-hybridized carbons (Fsp3) is 0.429. The lowest BCUT2D eigenvalue weighted by Crippen LogP contribution is -2.19. The summed E-state index contributed by atoms with van der Waals surface area (Å²) in [5.74, 6) is 0.0652. The van der Waals surface area contributed by atoms with Gasteiger partial charge in [0.25, 0.3) is 5.91 Å². The number of hydrogen-bond donors (Lipinski definition) is 0. The molecule has 0 N–H and O–H groups in total. The highest BCUT2D eigenvalue weighted by Crippen LogP contribution is 2.26. The van der Waals surface area contributed by atoms with Crippen LogP contribution in [0.5, 0.6) is 0 Å². The number of amides is 1. The van der Waals surface area contributed by atoms with Gasteiger partial charge in [-0.1, -0.05) is 39.0 Å². The van der Waals surface area contributed by atoms with Gasteiger partial charge in [-0.2, -0.15) is 5.10 Å². The Balaban J connectivity index is 2.18. The number of para-hydroxylation sites is 1. The average Bonchev–Trinajstić information content (AvgIpc) is 2.58. The van der Waals surface area contributed by atoms with Crippen LogP contribution in [0.4, 0.5) is 5.69 Å². The van der Waals surface area contributed by atoms with Gasteiger partial charge in [0.05, 0.1) is 12.1 Å². The molecular formula is C14H18N2O. The van der Waals surface area contributed by atoms with Gasteiger partial charge in [-0.3, -0.25) is 4.79 Å². The van der Waals surface area contributed by atoms with Crippen molar-refractivity contribution in [2.45, 2.75) is 33.6 Å². The van der Waals surface area contributed by atoms with Gasteiger partial charge in [-0.15, -0.1) is 0 Å². The Morgan fingerprint density at radius 2 is 1.88 bits per heavy atom. The van der Waals surface area contributed by atoms with E-state index in [0.29, 0.717) is 6.42 Å². The summed E-state index contributed by atoms with van der Waals surface area (Å²) in [6.07, 6.45) is 1.31. The topological polar surface area (TPSA) is 32.7 Å². The molecule has 1 heterocycles. The molecule has 0 unspecified atom stereocenters. The summed E-state index contributed by atoms with van der Waals surface area (Å²) in [4.78, 5) is 11.9. The van der Waals surface area contributed by atoms with Crippen LogP contribution in [0.2, 0.25) is 0 Å². The fourth-order valence-electron chi connectivity index (χ4n) is 1.96. The van der Waals surface area contributed by atoms with Crippen molar-refractivity contribution in [1.82, 2.24) is 0 Å². The van der Waals surface area contributed by atoms with Crippen LogP contribution in [0.25, 0.3) is 0 Å². The maximum atomic E-state index is 11.9. The molecule has 1 aromatic rings. The highest BCUT2D eigenvalue weighted by Gasteiger charge is 2.27. The Kier molecular flexibility index (Phi) is 3.01. The van der Waals surface area contributed by atoms with Gasteiger partial charge in [0.1, 0.15) is 0 Å². The Morgan fingerprint density at radius 3 is 2.47 bits per heavy atom. The van der Waals surface area contributed by atoms with Crippen LogP contribution in [0.3, 0.4) is 0 Å². The minimum Gasteiger partial charge on any atom is -0.272 e. The van der Waals surface area contributed by atoms with E-state index in [4.69, 9.17) is 0 Å². The SMILES string of the molecule is CC(C)(C)CC1=NN(c2ccccc2)C(=O)C1. The van der Waals surface area contributed by atoms with Gasteiger partial charge in [0, 0.05) is 5.71 Å².